The van der Waals surface area contributed by atoms with E-state index in [4.69, 9.17) is 4.74 Å². The second kappa shape index (κ2) is 4.93. The zero-order valence-electron chi connectivity index (χ0n) is 11.2. The molecule has 2 heteroatoms. The third-order valence-electron chi connectivity index (χ3n) is 4.61. The monoisotopic (exact) mass is 245 g/mol. The quantitative estimate of drug-likeness (QED) is 0.820. The van der Waals surface area contributed by atoms with Crippen LogP contribution in [-0.4, -0.2) is 19.2 Å². The Kier molecular flexibility index (Phi) is 3.29. The highest BCUT2D eigenvalue weighted by molar-refractivity contribution is 5.43. The number of nitrogens with one attached hydrogen (secondary N) is 1. The Labute approximate surface area is 110 Å². The predicted molar refractivity (Wildman–Crippen MR) is 74.2 cm³/mol. The van der Waals surface area contributed by atoms with Gasteiger partial charge in [-0.2, -0.15) is 0 Å². The molecule has 2 nitrogen and oxygen atoms in total. The average Bonchev–Trinajstić information content (AvgIpc) is 2.73. The van der Waals surface area contributed by atoms with Gasteiger partial charge < -0.3 is 10.1 Å². The van der Waals surface area contributed by atoms with E-state index in [9.17, 15) is 0 Å². The maximum Gasteiger partial charge on any atom is 0.123 e. The van der Waals surface area contributed by atoms with Crippen molar-refractivity contribution in [1.82, 2.24) is 5.32 Å². The Morgan fingerprint density at radius 2 is 2.22 bits per heavy atom. The van der Waals surface area contributed by atoms with Gasteiger partial charge in [0.05, 0.1) is 0 Å². The fraction of sp³-hybridized carbons (Fsp3) is 0.625. The summed E-state index contributed by atoms with van der Waals surface area (Å²) < 4.78 is 6.42. The molecule has 2 atom stereocenters. The van der Waals surface area contributed by atoms with E-state index in [1.807, 2.05) is 7.05 Å². The van der Waals surface area contributed by atoms with Crippen molar-refractivity contribution in [2.45, 2.75) is 50.0 Å². The van der Waals surface area contributed by atoms with E-state index >= 15 is 0 Å². The van der Waals surface area contributed by atoms with Crippen LogP contribution in [0, 0.1) is 0 Å². The third kappa shape index (κ3) is 1.93. The Morgan fingerprint density at radius 1 is 1.33 bits per heavy atom. The highest BCUT2D eigenvalue weighted by atomic mass is 16.5. The number of para-hydroxylation sites is 1. The zero-order chi connectivity index (χ0) is 12.4. The lowest BCUT2D eigenvalue weighted by molar-refractivity contribution is 0.0256. The highest BCUT2D eigenvalue weighted by Gasteiger charge is 2.48. The topological polar surface area (TPSA) is 21.3 Å². The molecule has 98 valence electrons. The molecule has 1 aliphatic heterocycles. The maximum atomic E-state index is 6.42. The predicted octanol–water partition coefficient (Wildman–Crippen LogP) is 3.48. The van der Waals surface area contributed by atoms with Crippen molar-refractivity contribution in [3.05, 3.63) is 29.8 Å². The van der Waals surface area contributed by atoms with E-state index in [0.717, 1.165) is 12.3 Å². The number of ether oxygens (including phenoxy) is 1. The van der Waals surface area contributed by atoms with Crippen molar-refractivity contribution in [1.29, 1.82) is 0 Å². The molecular weight excluding hydrogens is 222 g/mol. The molecule has 0 bridgehead atoms. The SMILES string of the molecule is CNCCC[C@@]12CCCC[C@@H]1c1ccccc1O2. The van der Waals surface area contributed by atoms with Gasteiger partial charge in [0.1, 0.15) is 11.4 Å². The van der Waals surface area contributed by atoms with Crippen molar-refractivity contribution in [2.75, 3.05) is 13.6 Å². The van der Waals surface area contributed by atoms with Crippen LogP contribution in [0.2, 0.25) is 0 Å². The first-order chi connectivity index (χ1) is 8.86. The van der Waals surface area contributed by atoms with Gasteiger partial charge >= 0.3 is 0 Å². The van der Waals surface area contributed by atoms with Crippen LogP contribution in [0.1, 0.15) is 50.0 Å². The van der Waals surface area contributed by atoms with Crippen LogP contribution in [0.3, 0.4) is 0 Å². The van der Waals surface area contributed by atoms with Crippen molar-refractivity contribution in [2.24, 2.45) is 0 Å². The first kappa shape index (κ1) is 12.0. The highest BCUT2D eigenvalue weighted by Crippen LogP contribution is 2.53. The Morgan fingerprint density at radius 3 is 3.11 bits per heavy atom. The lowest BCUT2D eigenvalue weighted by Crippen LogP contribution is -2.41. The Bertz CT molecular complexity index is 417. The molecule has 0 saturated heterocycles. The van der Waals surface area contributed by atoms with Gasteiger partial charge in [-0.1, -0.05) is 24.6 Å². The molecule has 18 heavy (non-hydrogen) atoms. The molecule has 0 unspecified atom stereocenters. The maximum absolute atomic E-state index is 6.42. The summed E-state index contributed by atoms with van der Waals surface area (Å²) in [5.41, 5.74) is 1.57. The smallest absolute Gasteiger partial charge is 0.123 e. The van der Waals surface area contributed by atoms with E-state index in [2.05, 4.69) is 29.6 Å². The minimum absolute atomic E-state index is 0.110. The molecule has 1 heterocycles. The zero-order valence-corrected chi connectivity index (χ0v) is 11.2. The largest absolute Gasteiger partial charge is 0.486 e. The number of hydrogen-bond acceptors (Lipinski definition) is 2. The summed E-state index contributed by atoms with van der Waals surface area (Å²) in [7, 11) is 2.03. The second-order valence-corrected chi connectivity index (χ2v) is 5.71. The summed E-state index contributed by atoms with van der Waals surface area (Å²) in [4.78, 5) is 0. The molecule has 1 aromatic carbocycles. The van der Waals surface area contributed by atoms with Crippen LogP contribution in [0.5, 0.6) is 5.75 Å². The molecule has 0 radical (unpaired) electrons. The van der Waals surface area contributed by atoms with Gasteiger partial charge in [0, 0.05) is 11.5 Å². The van der Waals surface area contributed by atoms with Gasteiger partial charge in [0.25, 0.3) is 0 Å². The third-order valence-corrected chi connectivity index (χ3v) is 4.61. The molecule has 1 aromatic rings. The molecule has 2 aliphatic rings. The van der Waals surface area contributed by atoms with E-state index in [-0.39, 0.29) is 5.60 Å². The Balaban J connectivity index is 1.84. The minimum Gasteiger partial charge on any atom is -0.486 e. The van der Waals surface area contributed by atoms with E-state index in [0.29, 0.717) is 5.92 Å². The van der Waals surface area contributed by atoms with Crippen molar-refractivity contribution in [3.8, 4) is 5.75 Å². The molecule has 1 fully saturated rings. The molecule has 0 amide bonds. The molecule has 1 saturated carbocycles. The summed E-state index contributed by atoms with van der Waals surface area (Å²) in [5, 5.41) is 3.25. The number of hydrogen-bond donors (Lipinski definition) is 1. The van der Waals surface area contributed by atoms with E-state index in [1.165, 1.54) is 44.1 Å². The van der Waals surface area contributed by atoms with Crippen LogP contribution in [0.4, 0.5) is 0 Å². The summed E-state index contributed by atoms with van der Waals surface area (Å²) >= 11 is 0. The first-order valence-corrected chi connectivity index (χ1v) is 7.28. The van der Waals surface area contributed by atoms with Crippen LogP contribution < -0.4 is 10.1 Å². The van der Waals surface area contributed by atoms with Gasteiger partial charge in [-0.15, -0.1) is 0 Å². The van der Waals surface area contributed by atoms with Crippen LogP contribution in [0.15, 0.2) is 24.3 Å². The lowest BCUT2D eigenvalue weighted by Gasteiger charge is -2.38. The Hall–Kier alpha value is -1.02. The normalized spacial score (nSPS) is 29.5. The van der Waals surface area contributed by atoms with Crippen LogP contribution >= 0.6 is 0 Å². The molecular formula is C16H23NO. The molecule has 1 aliphatic carbocycles. The van der Waals surface area contributed by atoms with Gasteiger partial charge in [-0.05, 0) is 51.8 Å². The van der Waals surface area contributed by atoms with Gasteiger partial charge in [0.15, 0.2) is 0 Å². The van der Waals surface area contributed by atoms with Crippen LogP contribution in [-0.2, 0) is 0 Å². The standard InChI is InChI=1S/C16H23NO/c1-17-12-6-11-16-10-5-4-8-14(16)13-7-2-3-9-15(13)18-16/h2-3,7,9,14,17H,4-6,8,10-12H2,1H3/t14-,16+/m1/s1. The summed E-state index contributed by atoms with van der Waals surface area (Å²) in [6.07, 6.45) is 7.61. The molecule has 1 N–H and O–H groups in total. The number of benzene rings is 1. The summed E-state index contributed by atoms with van der Waals surface area (Å²) in [5.74, 6) is 1.79. The van der Waals surface area contributed by atoms with Crippen LogP contribution in [0.25, 0.3) is 0 Å². The summed E-state index contributed by atoms with van der Waals surface area (Å²) in [6.45, 7) is 1.09. The van der Waals surface area contributed by atoms with Crippen molar-refractivity contribution >= 4 is 0 Å². The first-order valence-electron chi connectivity index (χ1n) is 7.28. The fourth-order valence-corrected chi connectivity index (χ4v) is 3.77. The summed E-state index contributed by atoms with van der Waals surface area (Å²) in [6, 6.07) is 8.66. The molecule has 0 spiro atoms. The second-order valence-electron chi connectivity index (χ2n) is 5.71. The molecule has 3 rings (SSSR count). The van der Waals surface area contributed by atoms with Crippen molar-refractivity contribution in [3.63, 3.8) is 0 Å². The van der Waals surface area contributed by atoms with E-state index in [1.54, 1.807) is 0 Å². The fourth-order valence-electron chi connectivity index (χ4n) is 3.77. The van der Waals surface area contributed by atoms with E-state index < -0.39 is 0 Å². The number of fused-ring (bicyclic) bond motifs is 3. The minimum atomic E-state index is 0.110. The van der Waals surface area contributed by atoms with Gasteiger partial charge in [-0.25, -0.2) is 0 Å². The van der Waals surface area contributed by atoms with Gasteiger partial charge in [0.2, 0.25) is 0 Å². The average molecular weight is 245 g/mol. The lowest BCUT2D eigenvalue weighted by atomic mass is 9.71. The van der Waals surface area contributed by atoms with Gasteiger partial charge in [-0.3, -0.25) is 0 Å². The molecule has 0 aromatic heterocycles. The number of rotatable bonds is 4. The van der Waals surface area contributed by atoms with Crippen molar-refractivity contribution < 1.29 is 4.74 Å².